The number of ketones is 1. The molecule has 5 heteroatoms. The van der Waals surface area contributed by atoms with Gasteiger partial charge in [-0.2, -0.15) is 5.26 Å². The molecule has 0 bridgehead atoms. The molecule has 0 aliphatic carbocycles. The van der Waals surface area contributed by atoms with Crippen LogP contribution in [0.5, 0.6) is 5.75 Å². The molecule has 0 radical (unpaired) electrons. The van der Waals surface area contributed by atoms with Crippen LogP contribution in [-0.2, 0) is 0 Å². The van der Waals surface area contributed by atoms with Gasteiger partial charge in [0.2, 0.25) is 0 Å². The zero-order valence-corrected chi connectivity index (χ0v) is 13.7. The number of nitriles is 1. The molecule has 0 aliphatic heterocycles. The quantitative estimate of drug-likeness (QED) is 0.767. The molecule has 24 heavy (non-hydrogen) atoms. The van der Waals surface area contributed by atoms with E-state index in [2.05, 4.69) is 0 Å². The minimum absolute atomic E-state index is 0.142. The summed E-state index contributed by atoms with van der Waals surface area (Å²) in [6.07, 6.45) is 0. The third-order valence-corrected chi connectivity index (χ3v) is 3.54. The van der Waals surface area contributed by atoms with Crippen molar-refractivity contribution in [3.8, 4) is 11.8 Å². The summed E-state index contributed by atoms with van der Waals surface area (Å²) in [6, 6.07) is 15.6. The van der Waals surface area contributed by atoms with E-state index in [4.69, 9.17) is 10.00 Å². The van der Waals surface area contributed by atoms with Gasteiger partial charge in [-0.05, 0) is 31.2 Å². The Labute approximate surface area is 141 Å². The number of amides is 1. The Morgan fingerprint density at radius 3 is 2.50 bits per heavy atom. The number of Topliss-reactive ketones (excluding diaryl/α,β-unsaturated/α-hetero) is 1. The number of nitrogens with zero attached hydrogens (tertiary/aromatic N) is 2. The Morgan fingerprint density at radius 1 is 1.12 bits per heavy atom. The SMILES string of the molecule is CC(=O)c1ccccc1C(=O)N(C)CCOc1cccc(C#N)c1. The van der Waals surface area contributed by atoms with Gasteiger partial charge in [-0.25, -0.2) is 0 Å². The van der Waals surface area contributed by atoms with Crippen molar-refractivity contribution in [1.29, 1.82) is 5.26 Å². The fourth-order valence-electron chi connectivity index (χ4n) is 2.24. The molecule has 0 saturated carbocycles. The highest BCUT2D eigenvalue weighted by Crippen LogP contribution is 2.14. The highest BCUT2D eigenvalue weighted by Gasteiger charge is 2.17. The number of rotatable bonds is 6. The van der Waals surface area contributed by atoms with Crippen LogP contribution in [0.15, 0.2) is 48.5 Å². The largest absolute Gasteiger partial charge is 0.492 e. The van der Waals surface area contributed by atoms with Crippen LogP contribution in [-0.4, -0.2) is 36.8 Å². The van der Waals surface area contributed by atoms with E-state index in [9.17, 15) is 9.59 Å². The molecule has 2 aromatic rings. The first-order valence-corrected chi connectivity index (χ1v) is 7.51. The van der Waals surface area contributed by atoms with E-state index in [1.165, 1.54) is 11.8 Å². The lowest BCUT2D eigenvalue weighted by molar-refractivity contribution is 0.0769. The summed E-state index contributed by atoms with van der Waals surface area (Å²) < 4.78 is 5.57. The number of carbonyl (C=O) groups excluding carboxylic acids is 2. The van der Waals surface area contributed by atoms with Crippen LogP contribution in [0.25, 0.3) is 0 Å². The molecule has 0 aliphatic rings. The van der Waals surface area contributed by atoms with Gasteiger partial charge in [0.05, 0.1) is 23.7 Å². The summed E-state index contributed by atoms with van der Waals surface area (Å²) in [5.74, 6) is 0.214. The molecule has 0 fully saturated rings. The fraction of sp³-hybridized carbons (Fsp3) is 0.211. The van der Waals surface area contributed by atoms with Gasteiger partial charge in [0.1, 0.15) is 12.4 Å². The van der Waals surface area contributed by atoms with Crippen LogP contribution in [0.2, 0.25) is 0 Å². The second-order valence-electron chi connectivity index (χ2n) is 5.32. The van der Waals surface area contributed by atoms with E-state index >= 15 is 0 Å². The van der Waals surface area contributed by atoms with Gasteiger partial charge in [0.15, 0.2) is 5.78 Å². The van der Waals surface area contributed by atoms with Crippen LogP contribution < -0.4 is 4.74 Å². The smallest absolute Gasteiger partial charge is 0.254 e. The van der Waals surface area contributed by atoms with Gasteiger partial charge in [0, 0.05) is 12.6 Å². The lowest BCUT2D eigenvalue weighted by atomic mass is 10.0. The topological polar surface area (TPSA) is 70.4 Å². The molecule has 2 aromatic carbocycles. The molecule has 0 spiro atoms. The maximum absolute atomic E-state index is 12.5. The normalized spacial score (nSPS) is 9.88. The number of hydrogen-bond donors (Lipinski definition) is 0. The summed E-state index contributed by atoms with van der Waals surface area (Å²) in [7, 11) is 1.66. The second-order valence-corrected chi connectivity index (χ2v) is 5.32. The molecule has 0 aromatic heterocycles. The highest BCUT2D eigenvalue weighted by molar-refractivity contribution is 6.07. The monoisotopic (exact) mass is 322 g/mol. The number of benzene rings is 2. The number of ether oxygens (including phenoxy) is 1. The number of likely N-dealkylation sites (N-methyl/N-ethyl adjacent to an activating group) is 1. The number of carbonyl (C=O) groups is 2. The molecular weight excluding hydrogens is 304 g/mol. The molecule has 0 heterocycles. The molecule has 122 valence electrons. The van der Waals surface area contributed by atoms with Gasteiger partial charge < -0.3 is 9.64 Å². The standard InChI is InChI=1S/C19H18N2O3/c1-14(22)17-8-3-4-9-18(17)19(23)21(2)10-11-24-16-7-5-6-15(12-16)13-20/h3-9,12H,10-11H2,1-2H3. The third-order valence-electron chi connectivity index (χ3n) is 3.54. The minimum atomic E-state index is -0.227. The minimum Gasteiger partial charge on any atom is -0.492 e. The zero-order chi connectivity index (χ0) is 17.5. The Hall–Kier alpha value is -3.13. The van der Waals surface area contributed by atoms with Crippen molar-refractivity contribution in [1.82, 2.24) is 4.90 Å². The van der Waals surface area contributed by atoms with Crippen molar-refractivity contribution in [2.75, 3.05) is 20.2 Å². The van der Waals surface area contributed by atoms with Crippen molar-refractivity contribution >= 4 is 11.7 Å². The van der Waals surface area contributed by atoms with Gasteiger partial charge >= 0.3 is 0 Å². The zero-order valence-electron chi connectivity index (χ0n) is 13.7. The summed E-state index contributed by atoms with van der Waals surface area (Å²) in [6.45, 7) is 2.10. The van der Waals surface area contributed by atoms with E-state index in [1.807, 2.05) is 6.07 Å². The molecule has 1 amide bonds. The lowest BCUT2D eigenvalue weighted by Gasteiger charge is -2.18. The van der Waals surface area contributed by atoms with Gasteiger partial charge in [-0.1, -0.05) is 24.3 Å². The predicted molar refractivity (Wildman–Crippen MR) is 90.1 cm³/mol. The predicted octanol–water partition coefficient (Wildman–Crippen LogP) is 2.91. The van der Waals surface area contributed by atoms with Crippen LogP contribution in [0, 0.1) is 11.3 Å². The van der Waals surface area contributed by atoms with E-state index in [0.29, 0.717) is 35.6 Å². The summed E-state index contributed by atoms with van der Waals surface area (Å²) in [5, 5.41) is 8.86. The first-order chi connectivity index (χ1) is 11.5. The average molecular weight is 322 g/mol. The molecule has 0 N–H and O–H groups in total. The highest BCUT2D eigenvalue weighted by atomic mass is 16.5. The number of hydrogen-bond acceptors (Lipinski definition) is 4. The summed E-state index contributed by atoms with van der Waals surface area (Å²) in [4.78, 5) is 25.6. The first kappa shape index (κ1) is 17.2. The van der Waals surface area contributed by atoms with Crippen molar-refractivity contribution < 1.29 is 14.3 Å². The Kier molecular flexibility index (Phi) is 5.69. The maximum atomic E-state index is 12.5. The second kappa shape index (κ2) is 7.93. The maximum Gasteiger partial charge on any atom is 0.254 e. The van der Waals surface area contributed by atoms with Crippen LogP contribution in [0.3, 0.4) is 0 Å². The molecule has 0 atom stereocenters. The van der Waals surface area contributed by atoms with Crippen molar-refractivity contribution in [2.45, 2.75) is 6.92 Å². The summed E-state index contributed by atoms with van der Waals surface area (Å²) in [5.41, 5.74) is 1.32. The molecule has 2 rings (SSSR count). The van der Waals surface area contributed by atoms with E-state index in [1.54, 1.807) is 55.6 Å². The Morgan fingerprint density at radius 2 is 1.83 bits per heavy atom. The average Bonchev–Trinajstić information content (AvgIpc) is 2.61. The first-order valence-electron chi connectivity index (χ1n) is 7.51. The van der Waals surface area contributed by atoms with E-state index in [0.717, 1.165) is 0 Å². The van der Waals surface area contributed by atoms with Gasteiger partial charge in [-0.3, -0.25) is 9.59 Å². The third kappa shape index (κ3) is 4.20. The molecule has 0 saturated heterocycles. The van der Waals surface area contributed by atoms with E-state index < -0.39 is 0 Å². The Bertz CT molecular complexity index is 793. The van der Waals surface area contributed by atoms with Crippen molar-refractivity contribution in [2.24, 2.45) is 0 Å². The van der Waals surface area contributed by atoms with Crippen LogP contribution >= 0.6 is 0 Å². The van der Waals surface area contributed by atoms with Crippen LogP contribution in [0.4, 0.5) is 0 Å². The molecular formula is C19H18N2O3. The Balaban J connectivity index is 1.97. The van der Waals surface area contributed by atoms with Gasteiger partial charge in [-0.15, -0.1) is 0 Å². The van der Waals surface area contributed by atoms with Crippen LogP contribution in [0.1, 0.15) is 33.2 Å². The van der Waals surface area contributed by atoms with E-state index in [-0.39, 0.29) is 11.7 Å². The lowest BCUT2D eigenvalue weighted by Crippen LogP contribution is -2.31. The van der Waals surface area contributed by atoms with Crippen molar-refractivity contribution in [3.05, 3.63) is 65.2 Å². The van der Waals surface area contributed by atoms with Crippen molar-refractivity contribution in [3.63, 3.8) is 0 Å². The summed E-state index contributed by atoms with van der Waals surface area (Å²) >= 11 is 0. The molecule has 5 nitrogen and oxygen atoms in total. The fourth-order valence-corrected chi connectivity index (χ4v) is 2.24. The molecule has 0 unspecified atom stereocenters. The van der Waals surface area contributed by atoms with Gasteiger partial charge in [0.25, 0.3) is 5.91 Å².